The average Bonchev–Trinajstić information content (AvgIpc) is 3.24. The molecular formula is C24H18ClNO. The summed E-state index contributed by atoms with van der Waals surface area (Å²) in [5.41, 5.74) is 5.61. The van der Waals surface area contributed by atoms with Crippen LogP contribution >= 0.6 is 11.6 Å². The zero-order valence-electron chi connectivity index (χ0n) is 14.9. The number of hydrogen-bond donors (Lipinski definition) is 1. The number of fused-ring (bicyclic) bond motifs is 2. The highest BCUT2D eigenvalue weighted by atomic mass is 35.5. The second kappa shape index (κ2) is 6.33. The largest absolute Gasteiger partial charge is 0.460 e. The van der Waals surface area contributed by atoms with Gasteiger partial charge < -0.3 is 9.40 Å². The van der Waals surface area contributed by atoms with Crippen LogP contribution in [0.5, 0.6) is 0 Å². The van der Waals surface area contributed by atoms with Gasteiger partial charge in [0.1, 0.15) is 11.3 Å². The molecule has 0 aliphatic rings. The molecule has 2 heterocycles. The summed E-state index contributed by atoms with van der Waals surface area (Å²) in [6.45, 7) is 2.13. The lowest BCUT2D eigenvalue weighted by molar-refractivity contribution is 0.542. The van der Waals surface area contributed by atoms with Gasteiger partial charge in [0.15, 0.2) is 0 Å². The van der Waals surface area contributed by atoms with E-state index in [1.165, 1.54) is 16.5 Å². The fourth-order valence-corrected chi connectivity index (χ4v) is 4.15. The van der Waals surface area contributed by atoms with Crippen LogP contribution in [0.3, 0.4) is 0 Å². The molecule has 1 N–H and O–H groups in total. The number of rotatable bonds is 3. The number of benzene rings is 3. The summed E-state index contributed by atoms with van der Waals surface area (Å²) >= 11 is 6.18. The molecule has 1 unspecified atom stereocenters. The number of nitrogens with one attached hydrogen (secondary N) is 1. The van der Waals surface area contributed by atoms with Crippen LogP contribution in [0.4, 0.5) is 0 Å². The summed E-state index contributed by atoms with van der Waals surface area (Å²) in [4.78, 5) is 3.53. The molecule has 0 bridgehead atoms. The predicted octanol–water partition coefficient (Wildman–Crippen LogP) is 7.06. The summed E-state index contributed by atoms with van der Waals surface area (Å²) in [7, 11) is 0. The zero-order valence-corrected chi connectivity index (χ0v) is 15.6. The average molecular weight is 372 g/mol. The number of aryl methyl sites for hydroxylation is 1. The Balaban J connectivity index is 1.80. The number of furan rings is 1. The van der Waals surface area contributed by atoms with Gasteiger partial charge in [-0.3, -0.25) is 0 Å². The van der Waals surface area contributed by atoms with Gasteiger partial charge in [0.2, 0.25) is 0 Å². The monoisotopic (exact) mass is 371 g/mol. The Morgan fingerprint density at radius 1 is 0.889 bits per heavy atom. The fourth-order valence-electron chi connectivity index (χ4n) is 3.97. The topological polar surface area (TPSA) is 28.9 Å². The molecule has 3 aromatic carbocycles. The van der Waals surface area contributed by atoms with Crippen LogP contribution in [0.2, 0.25) is 5.02 Å². The Bertz CT molecular complexity index is 1250. The number of halogens is 1. The van der Waals surface area contributed by atoms with Crippen LogP contribution in [0.1, 0.15) is 28.5 Å². The van der Waals surface area contributed by atoms with Crippen LogP contribution in [0.15, 0.2) is 83.3 Å². The summed E-state index contributed by atoms with van der Waals surface area (Å²) in [5, 5.41) is 2.97. The molecule has 27 heavy (non-hydrogen) atoms. The lowest BCUT2D eigenvalue weighted by atomic mass is 9.87. The van der Waals surface area contributed by atoms with Gasteiger partial charge in [-0.1, -0.05) is 60.1 Å². The molecule has 0 saturated carbocycles. The molecule has 0 fully saturated rings. The first kappa shape index (κ1) is 16.2. The van der Waals surface area contributed by atoms with E-state index < -0.39 is 0 Å². The third-order valence-electron chi connectivity index (χ3n) is 5.15. The molecule has 132 valence electrons. The Labute approximate surface area is 162 Å². The molecule has 0 radical (unpaired) electrons. The van der Waals surface area contributed by atoms with Crippen LogP contribution in [-0.4, -0.2) is 4.98 Å². The Kier molecular flexibility index (Phi) is 3.80. The van der Waals surface area contributed by atoms with E-state index in [9.17, 15) is 0 Å². The third-order valence-corrected chi connectivity index (χ3v) is 5.38. The first-order valence-electron chi connectivity index (χ1n) is 9.02. The minimum atomic E-state index is 0.00789. The summed E-state index contributed by atoms with van der Waals surface area (Å²) in [6, 6.07) is 26.8. The van der Waals surface area contributed by atoms with E-state index >= 15 is 0 Å². The van der Waals surface area contributed by atoms with Crippen molar-refractivity contribution in [3.63, 3.8) is 0 Å². The quantitative estimate of drug-likeness (QED) is 0.361. The van der Waals surface area contributed by atoms with Crippen molar-refractivity contribution in [3.8, 4) is 0 Å². The second-order valence-corrected chi connectivity index (χ2v) is 7.32. The molecule has 5 rings (SSSR count). The standard InChI is InChI=1S/C24H18ClNO/c1-15-23(19-9-5-6-10-20(19)26-15)24(16-7-3-2-4-8-16)22-14-17-13-18(25)11-12-21(17)27-22/h2-14,24,26H,1H3. The van der Waals surface area contributed by atoms with Crippen molar-refractivity contribution in [2.45, 2.75) is 12.8 Å². The molecular weight excluding hydrogens is 354 g/mol. The van der Waals surface area contributed by atoms with E-state index in [-0.39, 0.29) is 5.92 Å². The Morgan fingerprint density at radius 3 is 2.52 bits per heavy atom. The van der Waals surface area contributed by atoms with Crippen molar-refractivity contribution in [1.82, 2.24) is 4.98 Å². The maximum Gasteiger partial charge on any atom is 0.134 e. The summed E-state index contributed by atoms with van der Waals surface area (Å²) in [5.74, 6) is 0.930. The van der Waals surface area contributed by atoms with Gasteiger partial charge in [-0.15, -0.1) is 0 Å². The van der Waals surface area contributed by atoms with Gasteiger partial charge in [-0.05, 0) is 48.4 Å². The van der Waals surface area contributed by atoms with E-state index in [0.29, 0.717) is 0 Å². The number of para-hydroxylation sites is 1. The molecule has 0 spiro atoms. The highest BCUT2D eigenvalue weighted by Gasteiger charge is 2.25. The maximum atomic E-state index is 6.29. The molecule has 0 saturated heterocycles. The fraction of sp³-hybridized carbons (Fsp3) is 0.0833. The van der Waals surface area contributed by atoms with E-state index in [1.54, 1.807) is 0 Å². The first-order valence-corrected chi connectivity index (χ1v) is 9.39. The minimum Gasteiger partial charge on any atom is -0.460 e. The lowest BCUT2D eigenvalue weighted by Gasteiger charge is -2.16. The normalized spacial score (nSPS) is 12.7. The molecule has 5 aromatic rings. The van der Waals surface area contributed by atoms with Crippen molar-refractivity contribution in [2.24, 2.45) is 0 Å². The van der Waals surface area contributed by atoms with Crippen LogP contribution in [0, 0.1) is 6.92 Å². The molecule has 0 aliphatic carbocycles. The van der Waals surface area contributed by atoms with E-state index in [0.717, 1.165) is 33.0 Å². The zero-order chi connectivity index (χ0) is 18.4. The van der Waals surface area contributed by atoms with Gasteiger partial charge in [0.25, 0.3) is 0 Å². The van der Waals surface area contributed by atoms with Crippen LogP contribution in [-0.2, 0) is 0 Å². The number of H-pyrrole nitrogens is 1. The first-order chi connectivity index (χ1) is 13.2. The molecule has 0 amide bonds. The van der Waals surface area contributed by atoms with Gasteiger partial charge in [-0.25, -0.2) is 0 Å². The highest BCUT2D eigenvalue weighted by Crippen LogP contribution is 2.40. The highest BCUT2D eigenvalue weighted by molar-refractivity contribution is 6.31. The lowest BCUT2D eigenvalue weighted by Crippen LogP contribution is -2.03. The van der Waals surface area contributed by atoms with Crippen LogP contribution in [0.25, 0.3) is 21.9 Å². The van der Waals surface area contributed by atoms with E-state index in [1.807, 2.05) is 24.3 Å². The van der Waals surface area contributed by atoms with Gasteiger partial charge in [0.05, 0.1) is 5.92 Å². The predicted molar refractivity (Wildman–Crippen MR) is 112 cm³/mol. The van der Waals surface area contributed by atoms with E-state index in [2.05, 4.69) is 66.5 Å². The number of aromatic nitrogens is 1. The third kappa shape index (κ3) is 2.73. The summed E-state index contributed by atoms with van der Waals surface area (Å²) < 4.78 is 6.29. The number of hydrogen-bond acceptors (Lipinski definition) is 1. The van der Waals surface area contributed by atoms with Crippen molar-refractivity contribution < 1.29 is 4.42 Å². The summed E-state index contributed by atoms with van der Waals surface area (Å²) in [6.07, 6.45) is 0. The van der Waals surface area contributed by atoms with Gasteiger partial charge in [0, 0.05) is 27.0 Å². The van der Waals surface area contributed by atoms with Crippen molar-refractivity contribution in [3.05, 3.63) is 106 Å². The number of aromatic amines is 1. The molecule has 0 aliphatic heterocycles. The molecule has 1 atom stereocenters. The molecule has 3 heteroatoms. The van der Waals surface area contributed by atoms with Crippen LogP contribution < -0.4 is 0 Å². The van der Waals surface area contributed by atoms with Crippen molar-refractivity contribution >= 4 is 33.5 Å². The van der Waals surface area contributed by atoms with Gasteiger partial charge in [-0.2, -0.15) is 0 Å². The molecule has 2 aromatic heterocycles. The smallest absolute Gasteiger partial charge is 0.134 e. The van der Waals surface area contributed by atoms with Crippen molar-refractivity contribution in [1.29, 1.82) is 0 Å². The second-order valence-electron chi connectivity index (χ2n) is 6.88. The minimum absolute atomic E-state index is 0.00789. The van der Waals surface area contributed by atoms with E-state index in [4.69, 9.17) is 16.0 Å². The molecule has 2 nitrogen and oxygen atoms in total. The Morgan fingerprint density at radius 2 is 1.67 bits per heavy atom. The Hall–Kier alpha value is -2.97. The van der Waals surface area contributed by atoms with Crippen molar-refractivity contribution in [2.75, 3.05) is 0 Å². The maximum absolute atomic E-state index is 6.29. The van der Waals surface area contributed by atoms with Gasteiger partial charge >= 0.3 is 0 Å². The SMILES string of the molecule is Cc1[nH]c2ccccc2c1C(c1ccccc1)c1cc2cc(Cl)ccc2o1.